The predicted molar refractivity (Wildman–Crippen MR) is 84.1 cm³/mol. The molecule has 0 bridgehead atoms. The fourth-order valence-corrected chi connectivity index (χ4v) is 3.39. The zero-order valence-corrected chi connectivity index (χ0v) is 12.8. The fourth-order valence-electron chi connectivity index (χ4n) is 2.26. The first-order valence-electron chi connectivity index (χ1n) is 7.00. The van der Waals surface area contributed by atoms with E-state index in [4.69, 9.17) is 4.74 Å². The van der Waals surface area contributed by atoms with E-state index in [-0.39, 0.29) is 0 Å². The maximum Gasteiger partial charge on any atom is 0.118 e. The molecule has 0 atom stereocenters. The van der Waals surface area contributed by atoms with Crippen LogP contribution in [0.3, 0.4) is 0 Å². The smallest absolute Gasteiger partial charge is 0.118 e. The summed E-state index contributed by atoms with van der Waals surface area (Å²) >= 11 is 1.92. The van der Waals surface area contributed by atoms with Crippen LogP contribution in [0.4, 0.5) is 0 Å². The monoisotopic (exact) mass is 274 g/mol. The Bertz CT molecular complexity index is 494. The zero-order valence-electron chi connectivity index (χ0n) is 12.0. The van der Waals surface area contributed by atoms with E-state index in [1.54, 1.807) is 7.11 Å². The molecule has 1 nitrogen and oxygen atoms in total. The van der Waals surface area contributed by atoms with Gasteiger partial charge in [-0.25, -0.2) is 0 Å². The van der Waals surface area contributed by atoms with E-state index in [1.807, 2.05) is 23.5 Å². The first-order chi connectivity index (χ1) is 9.26. The molecule has 2 rings (SSSR count). The normalized spacial score (nSPS) is 10.9. The number of ether oxygens (including phenoxy) is 1. The van der Waals surface area contributed by atoms with Crippen molar-refractivity contribution in [1.82, 2.24) is 0 Å². The quantitative estimate of drug-likeness (QED) is 0.685. The van der Waals surface area contributed by atoms with Gasteiger partial charge in [-0.3, -0.25) is 0 Å². The van der Waals surface area contributed by atoms with Crippen LogP contribution in [-0.2, 0) is 6.42 Å². The van der Waals surface area contributed by atoms with Gasteiger partial charge in [-0.2, -0.15) is 0 Å². The molecule has 0 saturated heterocycles. The molecule has 0 amide bonds. The molecule has 1 aromatic carbocycles. The van der Waals surface area contributed by atoms with Crippen LogP contribution >= 0.6 is 11.3 Å². The summed E-state index contributed by atoms with van der Waals surface area (Å²) in [4.78, 5) is 2.85. The summed E-state index contributed by atoms with van der Waals surface area (Å²) in [6.45, 7) is 4.57. The van der Waals surface area contributed by atoms with Gasteiger partial charge in [0, 0.05) is 9.75 Å². The van der Waals surface area contributed by atoms with Crippen LogP contribution in [0.5, 0.6) is 5.75 Å². The second kappa shape index (κ2) is 6.76. The molecule has 2 heteroatoms. The first-order valence-corrected chi connectivity index (χ1v) is 7.81. The van der Waals surface area contributed by atoms with Crippen molar-refractivity contribution in [2.24, 2.45) is 5.92 Å². The van der Waals surface area contributed by atoms with Gasteiger partial charge in [-0.15, -0.1) is 11.3 Å². The van der Waals surface area contributed by atoms with Crippen molar-refractivity contribution in [3.63, 3.8) is 0 Å². The minimum absolute atomic E-state index is 0.822. The van der Waals surface area contributed by atoms with Gasteiger partial charge in [0.2, 0.25) is 0 Å². The fraction of sp³-hybridized carbons (Fsp3) is 0.412. The van der Waals surface area contributed by atoms with E-state index >= 15 is 0 Å². The van der Waals surface area contributed by atoms with Crippen LogP contribution in [0.1, 0.15) is 31.6 Å². The van der Waals surface area contributed by atoms with Gasteiger partial charge in [0.15, 0.2) is 0 Å². The lowest BCUT2D eigenvalue weighted by Gasteiger charge is -2.09. The van der Waals surface area contributed by atoms with E-state index in [1.165, 1.54) is 34.6 Å². The average molecular weight is 274 g/mol. The number of methoxy groups -OCH3 is 1. The lowest BCUT2D eigenvalue weighted by Crippen LogP contribution is -1.99. The number of rotatable bonds is 6. The van der Waals surface area contributed by atoms with Crippen LogP contribution in [0.15, 0.2) is 36.4 Å². The number of benzene rings is 1. The predicted octanol–water partition coefficient (Wildman–Crippen LogP) is 5.40. The van der Waals surface area contributed by atoms with Gasteiger partial charge in [-0.05, 0) is 54.3 Å². The Morgan fingerprint density at radius 3 is 2.26 bits per heavy atom. The Hall–Kier alpha value is -1.28. The zero-order chi connectivity index (χ0) is 13.7. The molecule has 0 N–H and O–H groups in total. The van der Waals surface area contributed by atoms with Gasteiger partial charge in [0.05, 0.1) is 7.11 Å². The third-order valence-corrected chi connectivity index (χ3v) is 4.84. The van der Waals surface area contributed by atoms with Crippen LogP contribution in [-0.4, -0.2) is 7.11 Å². The molecule has 0 saturated carbocycles. The molecule has 19 heavy (non-hydrogen) atoms. The summed E-state index contributed by atoms with van der Waals surface area (Å²) in [6.07, 6.45) is 3.76. The Morgan fingerprint density at radius 2 is 1.68 bits per heavy atom. The van der Waals surface area contributed by atoms with Gasteiger partial charge >= 0.3 is 0 Å². The van der Waals surface area contributed by atoms with Crippen molar-refractivity contribution < 1.29 is 4.74 Å². The van der Waals surface area contributed by atoms with Crippen molar-refractivity contribution in [3.8, 4) is 16.2 Å². The lowest BCUT2D eigenvalue weighted by molar-refractivity contribution is 0.415. The molecule has 1 heterocycles. The number of hydrogen-bond donors (Lipinski definition) is 0. The molecule has 1 aromatic heterocycles. The highest BCUT2D eigenvalue weighted by Gasteiger charge is 2.08. The Kier molecular flexibility index (Phi) is 5.03. The third kappa shape index (κ3) is 3.60. The summed E-state index contributed by atoms with van der Waals surface area (Å²) in [7, 11) is 1.70. The van der Waals surface area contributed by atoms with Crippen molar-refractivity contribution in [2.45, 2.75) is 33.1 Å². The van der Waals surface area contributed by atoms with Crippen LogP contribution < -0.4 is 4.74 Å². The van der Waals surface area contributed by atoms with Gasteiger partial charge < -0.3 is 4.74 Å². The summed E-state index contributed by atoms with van der Waals surface area (Å²) in [5, 5.41) is 0. The van der Waals surface area contributed by atoms with E-state index in [2.05, 4.69) is 38.1 Å². The molecule has 0 aliphatic heterocycles. The van der Waals surface area contributed by atoms with Crippen molar-refractivity contribution in [3.05, 3.63) is 41.3 Å². The maximum absolute atomic E-state index is 5.20. The highest BCUT2D eigenvalue weighted by Crippen LogP contribution is 2.31. The van der Waals surface area contributed by atoms with Crippen LogP contribution in [0.2, 0.25) is 0 Å². The van der Waals surface area contributed by atoms with Crippen molar-refractivity contribution in [2.75, 3.05) is 7.11 Å². The molecule has 0 aliphatic carbocycles. The maximum atomic E-state index is 5.20. The van der Waals surface area contributed by atoms with Gasteiger partial charge in [0.25, 0.3) is 0 Å². The topological polar surface area (TPSA) is 9.23 Å². The first kappa shape index (κ1) is 14.1. The molecule has 0 spiro atoms. The number of thiophene rings is 1. The summed E-state index contributed by atoms with van der Waals surface area (Å²) in [5.41, 5.74) is 1.28. The molecular weight excluding hydrogens is 252 g/mol. The van der Waals surface area contributed by atoms with Gasteiger partial charge in [0.1, 0.15) is 5.75 Å². The van der Waals surface area contributed by atoms with E-state index < -0.39 is 0 Å². The summed E-state index contributed by atoms with van der Waals surface area (Å²) < 4.78 is 5.20. The Labute approximate surface area is 120 Å². The lowest BCUT2D eigenvalue weighted by atomic mass is 9.99. The highest BCUT2D eigenvalue weighted by atomic mass is 32.1. The standard InChI is InChI=1S/C17H22OS/c1-4-13(5-2)12-16-10-11-17(19-16)14-6-8-15(18-3)9-7-14/h6-11,13H,4-5,12H2,1-3H3. The molecule has 0 aliphatic rings. The second-order valence-electron chi connectivity index (χ2n) is 4.88. The van der Waals surface area contributed by atoms with Crippen LogP contribution in [0, 0.1) is 5.92 Å². The Morgan fingerprint density at radius 1 is 1.00 bits per heavy atom. The molecule has 2 aromatic rings. The molecule has 0 radical (unpaired) electrons. The van der Waals surface area contributed by atoms with E-state index in [9.17, 15) is 0 Å². The summed E-state index contributed by atoms with van der Waals surface area (Å²) in [5.74, 6) is 1.74. The highest BCUT2D eigenvalue weighted by molar-refractivity contribution is 7.15. The minimum atomic E-state index is 0.822. The molecule has 0 unspecified atom stereocenters. The second-order valence-corrected chi connectivity index (χ2v) is 6.05. The van der Waals surface area contributed by atoms with Crippen molar-refractivity contribution >= 4 is 11.3 Å². The minimum Gasteiger partial charge on any atom is -0.497 e. The average Bonchev–Trinajstić information content (AvgIpc) is 2.93. The molecule has 0 fully saturated rings. The van der Waals surface area contributed by atoms with E-state index in [0.717, 1.165) is 11.7 Å². The van der Waals surface area contributed by atoms with Gasteiger partial charge in [-0.1, -0.05) is 26.7 Å². The largest absolute Gasteiger partial charge is 0.497 e. The number of hydrogen-bond acceptors (Lipinski definition) is 2. The summed E-state index contributed by atoms with van der Waals surface area (Å²) in [6, 6.07) is 12.8. The van der Waals surface area contributed by atoms with E-state index in [0.29, 0.717) is 0 Å². The SMILES string of the molecule is CCC(CC)Cc1ccc(-c2ccc(OC)cc2)s1. The molecular formula is C17H22OS. The van der Waals surface area contributed by atoms with Crippen molar-refractivity contribution in [1.29, 1.82) is 0 Å². The third-order valence-electron chi connectivity index (χ3n) is 3.68. The molecule has 102 valence electrons. The van der Waals surface area contributed by atoms with Crippen LogP contribution in [0.25, 0.3) is 10.4 Å². The Balaban J connectivity index is 2.11.